The van der Waals surface area contributed by atoms with Crippen molar-refractivity contribution in [1.29, 1.82) is 0 Å². The Morgan fingerprint density at radius 3 is 2.84 bits per heavy atom. The van der Waals surface area contributed by atoms with Gasteiger partial charge in [-0.3, -0.25) is 9.88 Å². The van der Waals surface area contributed by atoms with Crippen LogP contribution in [0, 0.1) is 5.82 Å². The van der Waals surface area contributed by atoms with Crippen molar-refractivity contribution >= 4 is 11.8 Å². The number of likely N-dealkylation sites (N-methyl/N-ethyl adjacent to an activating group) is 1. The van der Waals surface area contributed by atoms with Crippen molar-refractivity contribution in [2.75, 3.05) is 44.0 Å². The van der Waals surface area contributed by atoms with E-state index in [1.54, 1.807) is 18.5 Å². The van der Waals surface area contributed by atoms with Gasteiger partial charge in [0.15, 0.2) is 0 Å². The molecular weight excluding hydrogens is 319 g/mol. The predicted octanol–water partition coefficient (Wildman–Crippen LogP) is 2.18. The molecule has 0 bridgehead atoms. The molecule has 0 saturated carbocycles. The molecule has 0 amide bonds. The summed E-state index contributed by atoms with van der Waals surface area (Å²) in [5.74, 6) is 1.39. The Kier molecular flexibility index (Phi) is 5.43. The van der Waals surface area contributed by atoms with Gasteiger partial charge in [-0.15, -0.1) is 0 Å². The Bertz CT molecular complexity index is 707. The maximum absolute atomic E-state index is 13.9. The van der Waals surface area contributed by atoms with Gasteiger partial charge < -0.3 is 9.80 Å². The number of nitrogens with zero attached hydrogens (tertiary/aromatic N) is 6. The van der Waals surface area contributed by atoms with Crippen molar-refractivity contribution in [3.63, 3.8) is 0 Å². The highest BCUT2D eigenvalue weighted by Crippen LogP contribution is 2.21. The number of piperidine rings is 1. The van der Waals surface area contributed by atoms with E-state index in [9.17, 15) is 4.39 Å². The van der Waals surface area contributed by atoms with Crippen molar-refractivity contribution < 1.29 is 4.39 Å². The third-order valence-electron chi connectivity index (χ3n) is 4.68. The number of halogens is 1. The topological polar surface area (TPSA) is 48.4 Å². The number of hydrogen-bond acceptors (Lipinski definition) is 6. The lowest BCUT2D eigenvalue weighted by atomic mass is 10.0. The molecule has 1 aliphatic heterocycles. The molecule has 6 nitrogen and oxygen atoms in total. The average Bonchev–Trinajstić information content (AvgIpc) is 2.63. The lowest BCUT2D eigenvalue weighted by Crippen LogP contribution is -2.46. The van der Waals surface area contributed by atoms with E-state index in [0.29, 0.717) is 18.2 Å². The number of aromatic nitrogens is 3. The number of likely N-dealkylation sites (tertiary alicyclic amines) is 1. The van der Waals surface area contributed by atoms with E-state index < -0.39 is 0 Å². The van der Waals surface area contributed by atoms with E-state index in [1.165, 1.54) is 6.20 Å². The first kappa shape index (κ1) is 17.5. The largest absolute Gasteiger partial charge is 0.363 e. The molecule has 0 spiro atoms. The van der Waals surface area contributed by atoms with E-state index >= 15 is 0 Å². The lowest BCUT2D eigenvalue weighted by Gasteiger charge is -2.37. The van der Waals surface area contributed by atoms with Crippen molar-refractivity contribution in [2.24, 2.45) is 0 Å². The summed E-state index contributed by atoms with van der Waals surface area (Å²) in [6.45, 7) is 2.45. The monoisotopic (exact) mass is 344 g/mol. The van der Waals surface area contributed by atoms with Crippen molar-refractivity contribution in [2.45, 2.75) is 25.4 Å². The minimum Gasteiger partial charge on any atom is -0.363 e. The minimum atomic E-state index is -0.236. The molecule has 1 fully saturated rings. The van der Waals surface area contributed by atoms with Gasteiger partial charge in [-0.25, -0.2) is 9.37 Å². The van der Waals surface area contributed by atoms with Gasteiger partial charge in [0.2, 0.25) is 5.95 Å². The van der Waals surface area contributed by atoms with E-state index in [1.807, 2.05) is 32.1 Å². The smallest absolute Gasteiger partial charge is 0.227 e. The summed E-state index contributed by atoms with van der Waals surface area (Å²) in [5.41, 5.74) is 0.698. The van der Waals surface area contributed by atoms with Gasteiger partial charge >= 0.3 is 0 Å². The zero-order valence-corrected chi connectivity index (χ0v) is 15.1. The number of anilines is 2. The molecule has 2 aromatic heterocycles. The summed E-state index contributed by atoms with van der Waals surface area (Å²) in [5, 5.41) is 0. The molecule has 2 aromatic rings. The SMILES string of the molecule is CN(C)c1ccnc(N(C)C2CCCN(Cc3ccncc3F)C2)n1. The maximum Gasteiger partial charge on any atom is 0.227 e. The fraction of sp³-hybridized carbons (Fsp3) is 0.500. The number of pyridine rings is 1. The summed E-state index contributed by atoms with van der Waals surface area (Å²) in [6, 6.07) is 3.97. The van der Waals surface area contributed by atoms with Crippen molar-refractivity contribution in [3.8, 4) is 0 Å². The zero-order valence-electron chi connectivity index (χ0n) is 15.1. The Hall–Kier alpha value is -2.28. The predicted molar refractivity (Wildman–Crippen MR) is 97.3 cm³/mol. The third-order valence-corrected chi connectivity index (χ3v) is 4.68. The summed E-state index contributed by atoms with van der Waals surface area (Å²) < 4.78 is 13.9. The normalized spacial score (nSPS) is 18.2. The standard InChI is InChI=1S/C18H25FN6/c1-23(2)17-7-9-21-18(22-17)24(3)15-5-4-10-25(13-15)12-14-6-8-20-11-16(14)19/h6-9,11,15H,4-5,10,12-13H2,1-3H3. The van der Waals surface area contributed by atoms with Crippen LogP contribution in [-0.4, -0.2) is 60.1 Å². The van der Waals surface area contributed by atoms with Crippen LogP contribution in [0.2, 0.25) is 0 Å². The maximum atomic E-state index is 13.9. The van der Waals surface area contributed by atoms with Crippen LogP contribution in [0.25, 0.3) is 0 Å². The average molecular weight is 344 g/mol. The lowest BCUT2D eigenvalue weighted by molar-refractivity contribution is 0.196. The van der Waals surface area contributed by atoms with Crippen LogP contribution >= 0.6 is 0 Å². The molecule has 0 radical (unpaired) electrons. The van der Waals surface area contributed by atoms with Crippen LogP contribution in [0.1, 0.15) is 18.4 Å². The van der Waals surface area contributed by atoms with Crippen LogP contribution in [-0.2, 0) is 6.54 Å². The molecule has 7 heteroatoms. The molecule has 1 saturated heterocycles. The highest BCUT2D eigenvalue weighted by atomic mass is 19.1. The Labute approximate surface area is 148 Å². The molecule has 1 aliphatic rings. The van der Waals surface area contributed by atoms with Crippen molar-refractivity contribution in [3.05, 3.63) is 42.1 Å². The fourth-order valence-corrected chi connectivity index (χ4v) is 3.19. The molecule has 1 unspecified atom stereocenters. The molecule has 0 aliphatic carbocycles. The first-order chi connectivity index (χ1) is 12.0. The van der Waals surface area contributed by atoms with Crippen LogP contribution in [0.15, 0.2) is 30.7 Å². The first-order valence-electron chi connectivity index (χ1n) is 8.58. The van der Waals surface area contributed by atoms with Crippen molar-refractivity contribution in [1.82, 2.24) is 19.9 Å². The highest BCUT2D eigenvalue weighted by molar-refractivity contribution is 5.42. The van der Waals surface area contributed by atoms with Gasteiger partial charge in [-0.1, -0.05) is 0 Å². The summed E-state index contributed by atoms with van der Waals surface area (Å²) in [6.07, 6.45) is 6.88. The van der Waals surface area contributed by atoms with Crippen LogP contribution < -0.4 is 9.80 Å². The number of rotatable bonds is 5. The van der Waals surface area contributed by atoms with Crippen LogP contribution in [0.3, 0.4) is 0 Å². The van der Waals surface area contributed by atoms with E-state index in [4.69, 9.17) is 0 Å². The van der Waals surface area contributed by atoms with Gasteiger partial charge in [0.1, 0.15) is 11.6 Å². The summed E-state index contributed by atoms with van der Waals surface area (Å²) in [7, 11) is 5.98. The third kappa shape index (κ3) is 4.22. The van der Waals surface area contributed by atoms with E-state index in [0.717, 1.165) is 37.7 Å². The van der Waals surface area contributed by atoms with Gasteiger partial charge in [-0.05, 0) is 31.5 Å². The second kappa shape index (κ2) is 7.74. The molecule has 3 rings (SSSR count). The van der Waals surface area contributed by atoms with Gasteiger partial charge in [0, 0.05) is 58.2 Å². The summed E-state index contributed by atoms with van der Waals surface area (Å²) >= 11 is 0. The molecule has 3 heterocycles. The Morgan fingerprint density at radius 2 is 2.08 bits per heavy atom. The Morgan fingerprint density at radius 1 is 1.24 bits per heavy atom. The molecule has 0 N–H and O–H groups in total. The zero-order chi connectivity index (χ0) is 17.8. The first-order valence-corrected chi connectivity index (χ1v) is 8.58. The second-order valence-corrected chi connectivity index (χ2v) is 6.72. The molecule has 1 atom stereocenters. The molecular formula is C18H25FN6. The Balaban J connectivity index is 1.68. The molecule has 0 aromatic carbocycles. The quantitative estimate of drug-likeness (QED) is 0.829. The van der Waals surface area contributed by atoms with Gasteiger partial charge in [0.05, 0.1) is 6.20 Å². The van der Waals surface area contributed by atoms with E-state index in [-0.39, 0.29) is 5.82 Å². The minimum absolute atomic E-state index is 0.236. The van der Waals surface area contributed by atoms with E-state index in [2.05, 4.69) is 24.8 Å². The van der Waals surface area contributed by atoms with Gasteiger partial charge in [0.25, 0.3) is 0 Å². The van der Waals surface area contributed by atoms with Crippen LogP contribution in [0.4, 0.5) is 16.2 Å². The summed E-state index contributed by atoms with van der Waals surface area (Å²) in [4.78, 5) is 19.3. The highest BCUT2D eigenvalue weighted by Gasteiger charge is 2.25. The fourth-order valence-electron chi connectivity index (χ4n) is 3.19. The number of hydrogen-bond donors (Lipinski definition) is 0. The molecule has 25 heavy (non-hydrogen) atoms. The van der Waals surface area contributed by atoms with Crippen LogP contribution in [0.5, 0.6) is 0 Å². The van der Waals surface area contributed by atoms with Gasteiger partial charge in [-0.2, -0.15) is 4.98 Å². The molecule has 134 valence electrons. The second-order valence-electron chi connectivity index (χ2n) is 6.72.